The van der Waals surface area contributed by atoms with E-state index in [0.29, 0.717) is 6.10 Å². The van der Waals surface area contributed by atoms with Crippen LogP contribution in [0.1, 0.15) is 42.4 Å². The van der Waals surface area contributed by atoms with Crippen LogP contribution in [-0.2, 0) is 6.54 Å². The Bertz CT molecular complexity index is 1000. The normalized spacial score (nSPS) is 20.2. The van der Waals surface area contributed by atoms with Crippen LogP contribution in [0, 0.1) is 6.92 Å². The highest BCUT2D eigenvalue weighted by molar-refractivity contribution is 6.30. The molecule has 5 rings (SSSR count). The molecule has 3 aliphatic rings. The second-order valence-electron chi connectivity index (χ2n) is 8.63. The van der Waals surface area contributed by atoms with Crippen molar-refractivity contribution in [2.75, 3.05) is 6.54 Å². The van der Waals surface area contributed by atoms with Crippen molar-refractivity contribution in [1.29, 1.82) is 0 Å². The van der Waals surface area contributed by atoms with Crippen molar-refractivity contribution < 1.29 is 4.74 Å². The minimum absolute atomic E-state index is 0.222. The minimum Gasteiger partial charge on any atom is -0.490 e. The van der Waals surface area contributed by atoms with Crippen LogP contribution >= 0.6 is 11.6 Å². The third-order valence-corrected chi connectivity index (χ3v) is 6.37. The van der Waals surface area contributed by atoms with Crippen LogP contribution in [0.25, 0.3) is 5.57 Å². The Morgan fingerprint density at radius 3 is 2.72 bits per heavy atom. The van der Waals surface area contributed by atoms with Crippen molar-refractivity contribution in [3.05, 3.63) is 82.0 Å². The molecule has 1 heterocycles. The fourth-order valence-electron chi connectivity index (χ4n) is 3.98. The maximum absolute atomic E-state index is 6.72. The number of rotatable bonds is 6. The van der Waals surface area contributed by atoms with Gasteiger partial charge in [-0.3, -0.25) is 0 Å². The molecule has 0 aromatic heterocycles. The molecule has 2 aliphatic carbocycles. The molecule has 4 heteroatoms. The minimum atomic E-state index is -0.222. The van der Waals surface area contributed by atoms with E-state index in [0.717, 1.165) is 49.5 Å². The zero-order chi connectivity index (χ0) is 20.0. The summed E-state index contributed by atoms with van der Waals surface area (Å²) < 4.78 is 6.21. The first-order valence-electron chi connectivity index (χ1n) is 10.5. The summed E-state index contributed by atoms with van der Waals surface area (Å²) >= 11 is 6.23. The molecule has 0 spiro atoms. The van der Waals surface area contributed by atoms with Gasteiger partial charge in [0.15, 0.2) is 0 Å². The summed E-state index contributed by atoms with van der Waals surface area (Å²) in [5, 5.41) is 0.784. The predicted molar refractivity (Wildman–Crippen MR) is 119 cm³/mol. The molecule has 2 aromatic carbocycles. The molecule has 150 valence electrons. The summed E-state index contributed by atoms with van der Waals surface area (Å²) in [4.78, 5) is 2.34. The lowest BCUT2D eigenvalue weighted by molar-refractivity contribution is 0.302. The van der Waals surface area contributed by atoms with Crippen molar-refractivity contribution in [2.24, 2.45) is 5.73 Å². The molecular formula is C25H27ClN2O. The van der Waals surface area contributed by atoms with Crippen molar-refractivity contribution in [3.8, 4) is 5.75 Å². The molecule has 0 saturated heterocycles. The summed E-state index contributed by atoms with van der Waals surface area (Å²) in [6, 6.07) is 14.5. The lowest BCUT2D eigenvalue weighted by Crippen LogP contribution is -2.31. The number of hydrogen-bond donors (Lipinski definition) is 1. The Kier molecular flexibility index (Phi) is 4.68. The molecule has 0 atom stereocenters. The number of nitrogens with zero attached hydrogens (tertiary/aromatic N) is 1. The van der Waals surface area contributed by atoms with Crippen LogP contribution in [0.4, 0.5) is 0 Å². The maximum atomic E-state index is 6.72. The Labute approximate surface area is 177 Å². The molecular weight excluding hydrogens is 380 g/mol. The molecule has 3 nitrogen and oxygen atoms in total. The third kappa shape index (κ3) is 3.94. The molecule has 1 aliphatic heterocycles. The van der Waals surface area contributed by atoms with Crippen LogP contribution in [0.5, 0.6) is 5.75 Å². The van der Waals surface area contributed by atoms with Gasteiger partial charge in [0.2, 0.25) is 0 Å². The monoisotopic (exact) mass is 406 g/mol. The number of hydrogen-bond acceptors (Lipinski definition) is 3. The van der Waals surface area contributed by atoms with Gasteiger partial charge < -0.3 is 15.4 Å². The van der Waals surface area contributed by atoms with Gasteiger partial charge in [0.05, 0.1) is 6.10 Å². The first-order chi connectivity index (χ1) is 14.0. The van der Waals surface area contributed by atoms with E-state index >= 15 is 0 Å². The second-order valence-corrected chi connectivity index (χ2v) is 9.07. The highest BCUT2D eigenvalue weighted by atomic mass is 35.5. The lowest BCUT2D eigenvalue weighted by atomic mass is 9.89. The van der Waals surface area contributed by atoms with Crippen LogP contribution < -0.4 is 10.5 Å². The van der Waals surface area contributed by atoms with Crippen molar-refractivity contribution in [2.45, 2.75) is 50.8 Å². The molecule has 2 fully saturated rings. The van der Waals surface area contributed by atoms with Gasteiger partial charge in [-0.1, -0.05) is 41.9 Å². The van der Waals surface area contributed by atoms with Crippen LogP contribution in [0.3, 0.4) is 0 Å². The van der Waals surface area contributed by atoms with Gasteiger partial charge in [0, 0.05) is 35.4 Å². The molecule has 0 amide bonds. The standard InChI is InChI=1S/C25H27ClN2O/c1-17-6-7-19(26)14-18(17)15-28-13-10-21(23(16-28)25(27)11-12-25)22-4-2-3-5-24(22)29-20-8-9-20/h2-7,10,14,16,20H,8-9,11-13,15,27H2,1H3. The zero-order valence-corrected chi connectivity index (χ0v) is 17.6. The SMILES string of the molecule is Cc1ccc(Cl)cc1CN1C=C(C2(N)CC2)C(c2ccccc2OC2CC2)=CC1. The van der Waals surface area contributed by atoms with E-state index < -0.39 is 0 Å². The average molecular weight is 407 g/mol. The Morgan fingerprint density at radius 2 is 1.97 bits per heavy atom. The summed E-state index contributed by atoms with van der Waals surface area (Å²) in [5.74, 6) is 0.982. The maximum Gasteiger partial charge on any atom is 0.127 e. The largest absolute Gasteiger partial charge is 0.490 e. The number of halogens is 1. The van der Waals surface area contributed by atoms with Crippen LogP contribution in [0.15, 0.2) is 60.3 Å². The fraction of sp³-hybridized carbons (Fsp3) is 0.360. The highest BCUT2D eigenvalue weighted by Gasteiger charge is 2.45. The van der Waals surface area contributed by atoms with Gasteiger partial charge in [0.1, 0.15) is 5.75 Å². The van der Waals surface area contributed by atoms with Gasteiger partial charge in [-0.05, 0) is 73.1 Å². The number of nitrogens with two attached hydrogens (primary N) is 1. The summed E-state index contributed by atoms with van der Waals surface area (Å²) in [5.41, 5.74) is 12.7. The lowest BCUT2D eigenvalue weighted by Gasteiger charge is -2.31. The molecule has 2 N–H and O–H groups in total. The molecule has 0 bridgehead atoms. The predicted octanol–water partition coefficient (Wildman–Crippen LogP) is 5.46. The fourth-order valence-corrected chi connectivity index (χ4v) is 4.17. The van der Waals surface area contributed by atoms with E-state index in [4.69, 9.17) is 22.1 Å². The number of para-hydroxylation sites is 1. The van der Waals surface area contributed by atoms with Gasteiger partial charge >= 0.3 is 0 Å². The van der Waals surface area contributed by atoms with E-state index in [1.54, 1.807) is 0 Å². The van der Waals surface area contributed by atoms with Gasteiger partial charge in [-0.15, -0.1) is 0 Å². The molecule has 2 saturated carbocycles. The highest BCUT2D eigenvalue weighted by Crippen LogP contribution is 2.48. The van der Waals surface area contributed by atoms with E-state index in [-0.39, 0.29) is 5.54 Å². The Balaban J connectivity index is 1.46. The van der Waals surface area contributed by atoms with E-state index in [2.05, 4.69) is 60.5 Å². The van der Waals surface area contributed by atoms with E-state index in [1.807, 2.05) is 6.07 Å². The first-order valence-corrected chi connectivity index (χ1v) is 10.9. The van der Waals surface area contributed by atoms with Gasteiger partial charge in [-0.2, -0.15) is 0 Å². The van der Waals surface area contributed by atoms with E-state index in [9.17, 15) is 0 Å². The quantitative estimate of drug-likeness (QED) is 0.691. The van der Waals surface area contributed by atoms with Crippen LogP contribution in [-0.4, -0.2) is 23.1 Å². The van der Waals surface area contributed by atoms with Crippen molar-refractivity contribution in [3.63, 3.8) is 0 Å². The molecule has 0 radical (unpaired) electrons. The molecule has 0 unspecified atom stereocenters. The number of aryl methyl sites for hydroxylation is 1. The number of ether oxygens (including phenoxy) is 1. The third-order valence-electron chi connectivity index (χ3n) is 6.14. The number of benzene rings is 2. The van der Waals surface area contributed by atoms with Gasteiger partial charge in [0.25, 0.3) is 0 Å². The van der Waals surface area contributed by atoms with Crippen molar-refractivity contribution >= 4 is 17.2 Å². The smallest absolute Gasteiger partial charge is 0.127 e. The molecule has 2 aromatic rings. The molecule has 29 heavy (non-hydrogen) atoms. The summed E-state index contributed by atoms with van der Waals surface area (Å²) in [6.07, 6.45) is 9.35. The first kappa shape index (κ1) is 18.8. The Hall–Kier alpha value is -2.23. The van der Waals surface area contributed by atoms with Gasteiger partial charge in [-0.25, -0.2) is 0 Å². The average Bonchev–Trinajstić information content (AvgIpc) is 3.64. The second kappa shape index (κ2) is 7.23. The van der Waals surface area contributed by atoms with E-state index in [1.165, 1.54) is 27.8 Å². The van der Waals surface area contributed by atoms with Crippen LogP contribution in [0.2, 0.25) is 5.02 Å². The zero-order valence-electron chi connectivity index (χ0n) is 16.8. The summed E-state index contributed by atoms with van der Waals surface area (Å²) in [7, 11) is 0. The summed E-state index contributed by atoms with van der Waals surface area (Å²) in [6.45, 7) is 3.81. The topological polar surface area (TPSA) is 38.5 Å². The van der Waals surface area contributed by atoms with Crippen molar-refractivity contribution in [1.82, 2.24) is 4.90 Å². The Morgan fingerprint density at radius 1 is 1.17 bits per heavy atom.